The zero-order valence-corrected chi connectivity index (χ0v) is 29.1. The fourth-order valence-electron chi connectivity index (χ4n) is 6.34. The average molecular weight is 767 g/mol. The summed E-state index contributed by atoms with van der Waals surface area (Å²) in [5, 5.41) is 1.06. The Balaban J connectivity index is 1.34. The van der Waals surface area contributed by atoms with Crippen LogP contribution in [0.15, 0.2) is 72.8 Å². The summed E-state index contributed by atoms with van der Waals surface area (Å²) in [6.07, 6.45) is 1.27. The summed E-state index contributed by atoms with van der Waals surface area (Å²) >= 11 is 13.7. The number of ether oxygens (including phenoxy) is 1. The number of aryl methyl sites for hydroxylation is 1. The molecule has 1 saturated heterocycles. The van der Waals surface area contributed by atoms with Crippen LogP contribution in [0.2, 0.25) is 5.02 Å². The van der Waals surface area contributed by atoms with E-state index in [2.05, 4.69) is 31.9 Å². The van der Waals surface area contributed by atoms with Gasteiger partial charge in [0.2, 0.25) is 17.6 Å². The number of rotatable bonds is 8. The number of esters is 1. The molecule has 0 N–H and O–H groups in total. The largest absolute Gasteiger partial charge is 0.450 e. The van der Waals surface area contributed by atoms with E-state index in [0.29, 0.717) is 69.7 Å². The second-order valence-electron chi connectivity index (χ2n) is 11.8. The number of Topliss-reactive ketones (excluding diaryl/α,β-unsaturated/α-hetero) is 1. The van der Waals surface area contributed by atoms with Gasteiger partial charge in [0.25, 0.3) is 0 Å². The number of halogens is 3. The number of carbonyl (C=O) groups excluding carboxylic acids is 4. The predicted octanol–water partition coefficient (Wildman–Crippen LogP) is 8.50. The van der Waals surface area contributed by atoms with E-state index in [0.717, 1.165) is 0 Å². The molecule has 0 radical (unpaired) electrons. The summed E-state index contributed by atoms with van der Waals surface area (Å²) in [4.78, 5) is 60.2. The Kier molecular flexibility index (Phi) is 9.46. The Bertz CT molecular complexity index is 1820. The van der Waals surface area contributed by atoms with Crippen LogP contribution >= 0.6 is 43.5 Å². The first-order valence-electron chi connectivity index (χ1n) is 15.3. The average Bonchev–Trinajstić information content (AvgIpc) is 3.30. The number of alkyl halides is 2. The van der Waals surface area contributed by atoms with Crippen LogP contribution < -0.4 is 4.90 Å². The second-order valence-corrected chi connectivity index (χ2v) is 14.6. The smallest absolute Gasteiger partial charge is 0.339 e. The number of anilines is 1. The summed E-state index contributed by atoms with van der Waals surface area (Å²) in [5.74, 6) is -1.96. The lowest BCUT2D eigenvalue weighted by Crippen LogP contribution is -2.34. The Labute approximate surface area is 288 Å². The third-order valence-corrected chi connectivity index (χ3v) is 12.0. The van der Waals surface area contributed by atoms with Crippen molar-refractivity contribution in [3.8, 4) is 11.3 Å². The van der Waals surface area contributed by atoms with E-state index in [1.54, 1.807) is 66.7 Å². The maximum atomic E-state index is 13.8. The van der Waals surface area contributed by atoms with Gasteiger partial charge in [-0.3, -0.25) is 19.3 Å². The molecular formula is C36H31Br2ClN2O5. The van der Waals surface area contributed by atoms with Gasteiger partial charge in [0.1, 0.15) is 0 Å². The van der Waals surface area contributed by atoms with Gasteiger partial charge in [0, 0.05) is 31.2 Å². The summed E-state index contributed by atoms with van der Waals surface area (Å²) in [6, 6.07) is 20.9. The van der Waals surface area contributed by atoms with Crippen molar-refractivity contribution in [1.82, 2.24) is 4.98 Å². The van der Waals surface area contributed by atoms with Crippen molar-refractivity contribution < 1.29 is 23.9 Å². The van der Waals surface area contributed by atoms with Crippen molar-refractivity contribution in [3.05, 3.63) is 94.5 Å². The highest BCUT2D eigenvalue weighted by Crippen LogP contribution is 2.44. The van der Waals surface area contributed by atoms with Gasteiger partial charge in [0.05, 0.1) is 34.3 Å². The molecule has 5 unspecified atom stereocenters. The molecule has 2 heterocycles. The van der Waals surface area contributed by atoms with Crippen molar-refractivity contribution in [1.29, 1.82) is 0 Å². The molecule has 6 rings (SSSR count). The van der Waals surface area contributed by atoms with Gasteiger partial charge in [-0.05, 0) is 56.0 Å². The summed E-state index contributed by atoms with van der Waals surface area (Å²) < 4.78 is 5.90. The lowest BCUT2D eigenvalue weighted by atomic mass is 9.81. The summed E-state index contributed by atoms with van der Waals surface area (Å²) in [7, 11) is 0. The molecule has 4 aromatic rings. The van der Waals surface area contributed by atoms with Gasteiger partial charge in [-0.2, -0.15) is 0 Å². The van der Waals surface area contributed by atoms with Crippen molar-refractivity contribution in [2.45, 2.75) is 55.3 Å². The maximum Gasteiger partial charge on any atom is 0.339 e. The molecule has 1 aliphatic carbocycles. The minimum Gasteiger partial charge on any atom is -0.450 e. The quantitative estimate of drug-likeness (QED) is 0.0773. The lowest BCUT2D eigenvalue weighted by molar-refractivity contribution is -0.122. The molecule has 7 nitrogen and oxygen atoms in total. The van der Waals surface area contributed by atoms with Gasteiger partial charge in [0.15, 0.2) is 6.10 Å². The summed E-state index contributed by atoms with van der Waals surface area (Å²) in [5.41, 5.74) is 3.61. The monoisotopic (exact) mass is 764 g/mol. The first kappa shape index (κ1) is 32.5. The minimum atomic E-state index is -0.946. The minimum absolute atomic E-state index is 0.123. The fraction of sp³-hybridized carbons (Fsp3) is 0.306. The third kappa shape index (κ3) is 6.05. The normalized spacial score (nSPS) is 21.7. The van der Waals surface area contributed by atoms with Gasteiger partial charge in [-0.25, -0.2) is 9.78 Å². The van der Waals surface area contributed by atoms with E-state index in [4.69, 9.17) is 21.3 Å². The molecule has 0 spiro atoms. The maximum absolute atomic E-state index is 13.8. The molecule has 3 aromatic carbocycles. The number of fused-ring (bicyclic) bond motifs is 2. The predicted molar refractivity (Wildman–Crippen MR) is 186 cm³/mol. The molecule has 236 valence electrons. The van der Waals surface area contributed by atoms with Gasteiger partial charge in [-0.15, -0.1) is 0 Å². The number of amides is 2. The van der Waals surface area contributed by atoms with E-state index >= 15 is 0 Å². The Morgan fingerprint density at radius 1 is 0.957 bits per heavy atom. The van der Waals surface area contributed by atoms with Crippen molar-refractivity contribution >= 4 is 83.6 Å². The lowest BCUT2D eigenvalue weighted by Gasteiger charge is -2.29. The molecule has 10 heteroatoms. The Hall–Kier alpha value is -3.40. The number of aromatic nitrogens is 1. The van der Waals surface area contributed by atoms with E-state index in [9.17, 15) is 19.2 Å². The molecule has 1 aromatic heterocycles. The topological polar surface area (TPSA) is 93.6 Å². The fourth-order valence-corrected chi connectivity index (χ4v) is 7.73. The van der Waals surface area contributed by atoms with Crippen molar-refractivity contribution in [2.75, 3.05) is 4.90 Å². The number of nitrogens with zero attached hydrogens (tertiary/aromatic N) is 2. The molecule has 5 atom stereocenters. The van der Waals surface area contributed by atoms with Crippen LogP contribution in [0, 0.1) is 18.8 Å². The van der Waals surface area contributed by atoms with Gasteiger partial charge >= 0.3 is 5.97 Å². The van der Waals surface area contributed by atoms with Crippen molar-refractivity contribution in [2.24, 2.45) is 11.8 Å². The number of ketones is 1. The van der Waals surface area contributed by atoms with Crippen LogP contribution in [0.25, 0.3) is 22.2 Å². The van der Waals surface area contributed by atoms with E-state index in [1.807, 2.05) is 19.9 Å². The van der Waals surface area contributed by atoms with Gasteiger partial charge in [-0.1, -0.05) is 105 Å². The van der Waals surface area contributed by atoms with Crippen LogP contribution in [0.4, 0.5) is 5.69 Å². The first-order valence-corrected chi connectivity index (χ1v) is 17.5. The van der Waals surface area contributed by atoms with Crippen LogP contribution in [0.1, 0.15) is 58.9 Å². The van der Waals surface area contributed by atoms with Crippen LogP contribution in [0.3, 0.4) is 0 Å². The molecule has 1 aliphatic heterocycles. The van der Waals surface area contributed by atoms with Crippen LogP contribution in [-0.2, 0) is 14.3 Å². The first-order chi connectivity index (χ1) is 22.1. The molecule has 46 heavy (non-hydrogen) atoms. The number of carbonyl (C=O) groups is 4. The van der Waals surface area contributed by atoms with Crippen molar-refractivity contribution in [3.63, 3.8) is 0 Å². The van der Waals surface area contributed by atoms with E-state index in [-0.39, 0.29) is 44.7 Å². The number of pyridine rings is 1. The zero-order chi connectivity index (χ0) is 32.7. The highest BCUT2D eigenvalue weighted by molar-refractivity contribution is 9.12. The Morgan fingerprint density at radius 3 is 2.20 bits per heavy atom. The third-order valence-electron chi connectivity index (χ3n) is 8.87. The highest BCUT2D eigenvalue weighted by atomic mass is 79.9. The van der Waals surface area contributed by atoms with E-state index < -0.39 is 12.1 Å². The molecule has 2 fully saturated rings. The van der Waals surface area contributed by atoms with Crippen LogP contribution in [-0.4, -0.2) is 44.3 Å². The molecule has 0 bridgehead atoms. The Morgan fingerprint density at radius 2 is 1.59 bits per heavy atom. The standard InChI is InChI=1S/C36H31Br2ClN2O5/c1-3-7-31(33(42)21-8-5-4-6-9-21)46-36(45)26-18-30(40-32-19(2)29(39)15-14-23(26)32)20-10-12-22(13-11-20)41-34(43)24-16-27(37)28(38)17-25(24)35(41)44/h4-6,8-15,18,24-25,27-28,31H,3,7,16-17H2,1-2H3. The second kappa shape index (κ2) is 13.4. The zero-order valence-electron chi connectivity index (χ0n) is 25.2. The SMILES string of the molecule is CCCC(OC(=O)c1cc(-c2ccc(N3C(=O)C4CC(Br)C(Br)CC4C3=O)cc2)nc2c(C)c(Cl)ccc12)C(=O)c1ccccc1. The number of hydrogen-bond donors (Lipinski definition) is 0. The van der Waals surface area contributed by atoms with Gasteiger partial charge < -0.3 is 4.74 Å². The molecule has 2 aliphatic rings. The molecule has 1 saturated carbocycles. The highest BCUT2D eigenvalue weighted by Gasteiger charge is 2.52. The van der Waals surface area contributed by atoms with E-state index in [1.165, 1.54) is 4.90 Å². The molecular weight excluding hydrogens is 736 g/mol. The summed E-state index contributed by atoms with van der Waals surface area (Å²) in [6.45, 7) is 3.76. The number of imide groups is 1. The number of benzene rings is 3. The molecule has 2 amide bonds. The number of hydrogen-bond acceptors (Lipinski definition) is 6. The van der Waals surface area contributed by atoms with Crippen LogP contribution in [0.5, 0.6) is 0 Å².